The smallest absolute Gasteiger partial charge is 0.317 e. The predicted molar refractivity (Wildman–Crippen MR) is 190 cm³/mol. The zero-order valence-electron chi connectivity index (χ0n) is 30.7. The maximum absolute atomic E-state index is 13.1. The van der Waals surface area contributed by atoms with Gasteiger partial charge in [0.15, 0.2) is 0 Å². The van der Waals surface area contributed by atoms with E-state index in [-0.39, 0.29) is 38.9 Å². The molecule has 0 aromatic rings. The molecular formula is C43H64O4. The molecule has 0 unspecified atom stereocenters. The van der Waals surface area contributed by atoms with Crippen molar-refractivity contribution in [1.29, 1.82) is 0 Å². The van der Waals surface area contributed by atoms with Gasteiger partial charge in [0, 0.05) is 10.8 Å². The standard InChI is InChI=1S/C43H64O4/c1-9-38(3)23-17-32-30(26-38)13-15-34-40(5,19-11-21-42(32,34)7)28-46-36(44)25-37(45)47-29-41(6)20-12-22-43(8)33-18-24-39(4,10-2)27-31(33)14-16-35(41)43/h9-10,17-18,30-31,34-35H,1-2,11-16,19-29H2,3-8H3/t30-,31+,34-,35-,38-,39-,40+,41+,42+,43+/m1/s1. The summed E-state index contributed by atoms with van der Waals surface area (Å²) in [5.74, 6) is 1.37. The highest BCUT2D eigenvalue weighted by atomic mass is 16.6. The third kappa shape index (κ3) is 6.16. The van der Waals surface area contributed by atoms with Crippen LogP contribution in [0.25, 0.3) is 0 Å². The number of esters is 2. The Balaban J connectivity index is 1.04. The summed E-state index contributed by atoms with van der Waals surface area (Å²) in [6.07, 6.45) is 25.3. The molecule has 6 aliphatic rings. The summed E-state index contributed by atoms with van der Waals surface area (Å²) in [4.78, 5) is 26.2. The quantitative estimate of drug-likeness (QED) is 0.150. The average molecular weight is 645 g/mol. The van der Waals surface area contributed by atoms with Gasteiger partial charge < -0.3 is 9.47 Å². The van der Waals surface area contributed by atoms with Crippen LogP contribution >= 0.6 is 0 Å². The van der Waals surface area contributed by atoms with Gasteiger partial charge in [0.25, 0.3) is 0 Å². The summed E-state index contributed by atoms with van der Waals surface area (Å²) < 4.78 is 11.9. The molecule has 10 atom stereocenters. The number of allylic oxidation sites excluding steroid dienone is 6. The lowest BCUT2D eigenvalue weighted by Gasteiger charge is -2.59. The minimum Gasteiger partial charge on any atom is -0.465 e. The van der Waals surface area contributed by atoms with Gasteiger partial charge in [-0.25, -0.2) is 0 Å². The van der Waals surface area contributed by atoms with E-state index in [9.17, 15) is 9.59 Å². The molecule has 4 fully saturated rings. The van der Waals surface area contributed by atoms with Crippen molar-refractivity contribution in [2.24, 2.45) is 56.2 Å². The molecule has 4 nitrogen and oxygen atoms in total. The van der Waals surface area contributed by atoms with Gasteiger partial charge in [0.05, 0.1) is 13.2 Å². The van der Waals surface area contributed by atoms with Crippen molar-refractivity contribution in [3.05, 3.63) is 48.6 Å². The molecule has 0 bridgehead atoms. The van der Waals surface area contributed by atoms with Crippen LogP contribution in [0.3, 0.4) is 0 Å². The fourth-order valence-corrected chi connectivity index (χ4v) is 12.6. The lowest BCUT2D eigenvalue weighted by atomic mass is 9.46. The van der Waals surface area contributed by atoms with Crippen molar-refractivity contribution in [2.45, 2.75) is 138 Å². The number of carbonyl (C=O) groups excluding carboxylic acids is 2. The third-order valence-corrected chi connectivity index (χ3v) is 15.3. The summed E-state index contributed by atoms with van der Waals surface area (Å²) in [5.41, 5.74) is 3.88. The molecule has 260 valence electrons. The molecule has 0 saturated heterocycles. The summed E-state index contributed by atoms with van der Waals surface area (Å²) in [7, 11) is 0. The maximum Gasteiger partial charge on any atom is 0.317 e. The van der Waals surface area contributed by atoms with Crippen LogP contribution in [-0.2, 0) is 19.1 Å². The largest absolute Gasteiger partial charge is 0.465 e. The molecule has 0 amide bonds. The van der Waals surface area contributed by atoms with E-state index >= 15 is 0 Å². The molecule has 0 N–H and O–H groups in total. The second-order valence-electron chi connectivity index (χ2n) is 18.9. The second-order valence-corrected chi connectivity index (χ2v) is 18.9. The molecule has 0 radical (unpaired) electrons. The van der Waals surface area contributed by atoms with E-state index in [0.717, 1.165) is 38.5 Å². The molecule has 6 rings (SSSR count). The Morgan fingerprint density at radius 2 is 1.09 bits per heavy atom. The van der Waals surface area contributed by atoms with Crippen LogP contribution in [0.5, 0.6) is 0 Å². The van der Waals surface area contributed by atoms with Gasteiger partial charge >= 0.3 is 11.9 Å². The van der Waals surface area contributed by atoms with Crippen LogP contribution in [-0.4, -0.2) is 25.2 Å². The highest BCUT2D eigenvalue weighted by molar-refractivity contribution is 5.91. The van der Waals surface area contributed by atoms with Gasteiger partial charge in [-0.15, -0.1) is 13.2 Å². The van der Waals surface area contributed by atoms with Gasteiger partial charge in [0.2, 0.25) is 0 Å². The van der Waals surface area contributed by atoms with Crippen molar-refractivity contribution in [3.8, 4) is 0 Å². The SMILES string of the molecule is C=C[C@]1(C)CC=C2[C@H](CC[C@@H]3[C@](C)(COC(=O)CC(=O)OC[C@]4(C)CCC[C@@]5(C)C6=CC[C@@](C)(C=C)C[C@@H]6CC[C@H]45)CCC[C@@]23C)C1. The highest BCUT2D eigenvalue weighted by Gasteiger charge is 2.57. The zero-order chi connectivity index (χ0) is 33.9. The molecule has 0 heterocycles. The molecule has 47 heavy (non-hydrogen) atoms. The Bertz CT molecular complexity index is 1240. The number of hydrogen-bond donors (Lipinski definition) is 0. The van der Waals surface area contributed by atoms with Crippen LogP contribution in [0.2, 0.25) is 0 Å². The van der Waals surface area contributed by atoms with E-state index in [1.807, 2.05) is 0 Å². The maximum atomic E-state index is 13.1. The zero-order valence-corrected chi connectivity index (χ0v) is 30.7. The first kappa shape index (κ1) is 34.8. The Hall–Kier alpha value is -2.10. The van der Waals surface area contributed by atoms with Crippen molar-refractivity contribution in [2.75, 3.05) is 13.2 Å². The van der Waals surface area contributed by atoms with Crippen LogP contribution in [0.4, 0.5) is 0 Å². The van der Waals surface area contributed by atoms with Crippen molar-refractivity contribution in [3.63, 3.8) is 0 Å². The Kier molecular flexibility index (Phi) is 9.13. The molecule has 0 aromatic heterocycles. The summed E-state index contributed by atoms with van der Waals surface area (Å²) in [6.45, 7) is 23.4. The van der Waals surface area contributed by atoms with Crippen molar-refractivity contribution >= 4 is 11.9 Å². The molecule has 0 spiro atoms. The monoisotopic (exact) mass is 644 g/mol. The second kappa shape index (κ2) is 12.3. The fraction of sp³-hybridized carbons (Fsp3) is 0.767. The Morgan fingerprint density at radius 1 is 0.681 bits per heavy atom. The van der Waals surface area contributed by atoms with Gasteiger partial charge in [-0.2, -0.15) is 0 Å². The van der Waals surface area contributed by atoms with E-state index in [2.05, 4.69) is 79.0 Å². The van der Waals surface area contributed by atoms with E-state index in [4.69, 9.17) is 9.47 Å². The third-order valence-electron chi connectivity index (χ3n) is 15.3. The highest BCUT2D eigenvalue weighted by Crippen LogP contribution is 2.65. The van der Waals surface area contributed by atoms with E-state index in [0.29, 0.717) is 36.9 Å². The first-order chi connectivity index (χ1) is 22.1. The van der Waals surface area contributed by atoms with Crippen molar-refractivity contribution in [1.82, 2.24) is 0 Å². The van der Waals surface area contributed by atoms with Crippen molar-refractivity contribution < 1.29 is 19.1 Å². The van der Waals surface area contributed by atoms with E-state index in [1.54, 1.807) is 11.1 Å². The summed E-state index contributed by atoms with van der Waals surface area (Å²) in [5, 5.41) is 0. The van der Waals surface area contributed by atoms with E-state index in [1.165, 1.54) is 51.4 Å². The number of hydrogen-bond acceptors (Lipinski definition) is 4. The number of rotatable bonds is 8. The van der Waals surface area contributed by atoms with E-state index < -0.39 is 11.9 Å². The lowest BCUT2D eigenvalue weighted by molar-refractivity contribution is -0.163. The van der Waals surface area contributed by atoms with Crippen LogP contribution in [0, 0.1) is 56.2 Å². The topological polar surface area (TPSA) is 52.6 Å². The summed E-state index contributed by atoms with van der Waals surface area (Å²) in [6, 6.07) is 0. The fourth-order valence-electron chi connectivity index (χ4n) is 12.6. The van der Waals surface area contributed by atoms with Crippen LogP contribution in [0.1, 0.15) is 138 Å². The Labute approximate surface area is 286 Å². The normalized spacial score (nSPS) is 45.8. The van der Waals surface area contributed by atoms with Gasteiger partial charge in [-0.1, -0.05) is 89.8 Å². The minimum absolute atomic E-state index is 0.0760. The van der Waals surface area contributed by atoms with Crippen LogP contribution in [0.15, 0.2) is 48.6 Å². The first-order valence-electron chi connectivity index (χ1n) is 19.1. The lowest BCUT2D eigenvalue weighted by Crippen LogP contribution is -2.52. The minimum atomic E-state index is -0.437. The van der Waals surface area contributed by atoms with Gasteiger partial charge in [-0.05, 0) is 122 Å². The number of fused-ring (bicyclic) bond motifs is 6. The van der Waals surface area contributed by atoms with Crippen LogP contribution < -0.4 is 0 Å². The average Bonchev–Trinajstić information content (AvgIpc) is 3.02. The molecule has 0 aromatic carbocycles. The van der Waals surface area contributed by atoms with Gasteiger partial charge in [-0.3, -0.25) is 9.59 Å². The molecular weight excluding hydrogens is 580 g/mol. The molecule has 0 aliphatic heterocycles. The molecule has 4 saturated carbocycles. The first-order valence-corrected chi connectivity index (χ1v) is 19.1. The Morgan fingerprint density at radius 3 is 1.47 bits per heavy atom. The number of ether oxygens (including phenoxy) is 2. The molecule has 4 heteroatoms. The summed E-state index contributed by atoms with van der Waals surface area (Å²) >= 11 is 0. The molecule has 6 aliphatic carbocycles. The predicted octanol–water partition coefficient (Wildman–Crippen LogP) is 10.7. The number of carbonyl (C=O) groups is 2. The van der Waals surface area contributed by atoms with Gasteiger partial charge in [0.1, 0.15) is 6.42 Å².